The van der Waals surface area contributed by atoms with E-state index >= 15 is 0 Å². The number of carbonyl (C=O) groups is 1. The fraction of sp³-hybridized carbons (Fsp3) is 0.278. The highest BCUT2D eigenvalue weighted by Crippen LogP contribution is 2.18. The van der Waals surface area contributed by atoms with Crippen LogP contribution in [0.5, 0.6) is 0 Å². The molecular formula is C18H21N3O. The Bertz CT molecular complexity index is 694. The van der Waals surface area contributed by atoms with Crippen LogP contribution >= 0.6 is 0 Å². The molecule has 2 aromatic carbocycles. The van der Waals surface area contributed by atoms with E-state index in [9.17, 15) is 4.79 Å². The molecule has 0 spiro atoms. The van der Waals surface area contributed by atoms with Crippen LogP contribution in [-0.4, -0.2) is 24.9 Å². The van der Waals surface area contributed by atoms with E-state index < -0.39 is 0 Å². The van der Waals surface area contributed by atoms with Crippen molar-refractivity contribution in [2.24, 2.45) is 0 Å². The summed E-state index contributed by atoms with van der Waals surface area (Å²) in [7, 11) is 4.06. The lowest BCUT2D eigenvalue weighted by atomic mass is 10.1. The highest BCUT2D eigenvalue weighted by atomic mass is 16.1. The molecule has 2 aromatic rings. The number of amides is 1. The fourth-order valence-electron chi connectivity index (χ4n) is 2.75. The van der Waals surface area contributed by atoms with Crippen molar-refractivity contribution in [1.29, 1.82) is 0 Å². The maximum absolute atomic E-state index is 12.4. The lowest BCUT2D eigenvalue weighted by molar-refractivity contribution is 0.102. The Kier molecular flexibility index (Phi) is 4.22. The van der Waals surface area contributed by atoms with E-state index in [2.05, 4.69) is 21.6 Å². The number of carbonyl (C=O) groups excluding carboxylic acids is 1. The third-order valence-corrected chi connectivity index (χ3v) is 3.78. The molecule has 1 heterocycles. The van der Waals surface area contributed by atoms with Gasteiger partial charge in [-0.05, 0) is 55.1 Å². The van der Waals surface area contributed by atoms with Gasteiger partial charge in [0.25, 0.3) is 5.91 Å². The smallest absolute Gasteiger partial charge is 0.255 e. The molecule has 0 unspecified atom stereocenters. The highest BCUT2D eigenvalue weighted by molar-refractivity contribution is 6.04. The summed E-state index contributed by atoms with van der Waals surface area (Å²) in [6.07, 6.45) is 0. The number of rotatable bonds is 4. The molecule has 0 atom stereocenters. The molecule has 0 aliphatic carbocycles. The Morgan fingerprint density at radius 1 is 1.14 bits per heavy atom. The van der Waals surface area contributed by atoms with Crippen LogP contribution in [0.15, 0.2) is 42.5 Å². The van der Waals surface area contributed by atoms with Crippen LogP contribution in [-0.2, 0) is 19.6 Å². The van der Waals surface area contributed by atoms with E-state index in [4.69, 9.17) is 0 Å². The minimum atomic E-state index is -0.0586. The van der Waals surface area contributed by atoms with Crippen LogP contribution in [0, 0.1) is 0 Å². The molecule has 0 saturated carbocycles. The van der Waals surface area contributed by atoms with Gasteiger partial charge in [-0.3, -0.25) is 4.79 Å². The third-order valence-electron chi connectivity index (χ3n) is 3.78. The van der Waals surface area contributed by atoms with Gasteiger partial charge in [-0.15, -0.1) is 0 Å². The van der Waals surface area contributed by atoms with E-state index in [-0.39, 0.29) is 5.91 Å². The largest absolute Gasteiger partial charge is 0.322 e. The van der Waals surface area contributed by atoms with Crippen LogP contribution in [0.3, 0.4) is 0 Å². The molecule has 0 fully saturated rings. The van der Waals surface area contributed by atoms with Crippen LogP contribution in [0.1, 0.15) is 27.0 Å². The summed E-state index contributed by atoms with van der Waals surface area (Å²) in [5, 5.41) is 6.28. The number of fused-ring (bicyclic) bond motifs is 1. The summed E-state index contributed by atoms with van der Waals surface area (Å²) >= 11 is 0. The normalized spacial score (nSPS) is 13.2. The van der Waals surface area contributed by atoms with Gasteiger partial charge in [-0.1, -0.05) is 18.2 Å². The molecule has 4 nitrogen and oxygen atoms in total. The quantitative estimate of drug-likeness (QED) is 0.911. The molecule has 114 valence electrons. The van der Waals surface area contributed by atoms with Crippen molar-refractivity contribution in [2.75, 3.05) is 19.4 Å². The zero-order valence-electron chi connectivity index (χ0n) is 13.0. The minimum Gasteiger partial charge on any atom is -0.322 e. The summed E-state index contributed by atoms with van der Waals surface area (Å²) in [6, 6.07) is 13.9. The monoisotopic (exact) mass is 295 g/mol. The van der Waals surface area contributed by atoms with Gasteiger partial charge in [0.05, 0.1) is 0 Å². The molecule has 22 heavy (non-hydrogen) atoms. The highest BCUT2D eigenvalue weighted by Gasteiger charge is 2.13. The van der Waals surface area contributed by atoms with Crippen LogP contribution < -0.4 is 10.6 Å². The molecule has 3 rings (SSSR count). The number of hydrogen-bond acceptors (Lipinski definition) is 3. The van der Waals surface area contributed by atoms with Gasteiger partial charge in [0.1, 0.15) is 0 Å². The van der Waals surface area contributed by atoms with Crippen LogP contribution in [0.2, 0.25) is 0 Å². The first-order chi connectivity index (χ1) is 10.6. The zero-order valence-corrected chi connectivity index (χ0v) is 13.0. The average Bonchev–Trinajstić information content (AvgIpc) is 2.94. The summed E-state index contributed by atoms with van der Waals surface area (Å²) in [4.78, 5) is 14.5. The van der Waals surface area contributed by atoms with Gasteiger partial charge < -0.3 is 15.5 Å². The molecule has 0 bridgehead atoms. The number of nitrogens with zero attached hydrogens (tertiary/aromatic N) is 1. The maximum atomic E-state index is 12.4. The first-order valence-electron chi connectivity index (χ1n) is 7.49. The number of benzene rings is 2. The van der Waals surface area contributed by atoms with Crippen molar-refractivity contribution in [2.45, 2.75) is 19.6 Å². The average molecular weight is 295 g/mol. The minimum absolute atomic E-state index is 0.0586. The lowest BCUT2D eigenvalue weighted by Crippen LogP contribution is -2.14. The van der Waals surface area contributed by atoms with E-state index in [1.165, 1.54) is 16.7 Å². The molecule has 0 radical (unpaired) electrons. The Balaban J connectivity index is 1.74. The Morgan fingerprint density at radius 2 is 1.95 bits per heavy atom. The summed E-state index contributed by atoms with van der Waals surface area (Å²) in [5.74, 6) is -0.0586. The molecule has 2 N–H and O–H groups in total. The van der Waals surface area contributed by atoms with E-state index in [1.807, 2.05) is 50.5 Å². The summed E-state index contributed by atoms with van der Waals surface area (Å²) in [5.41, 5.74) is 5.22. The second-order valence-electron chi connectivity index (χ2n) is 5.98. The van der Waals surface area contributed by atoms with Crippen molar-refractivity contribution in [1.82, 2.24) is 10.2 Å². The molecule has 1 amide bonds. The second kappa shape index (κ2) is 6.30. The lowest BCUT2D eigenvalue weighted by Gasteiger charge is -2.12. The van der Waals surface area contributed by atoms with Crippen molar-refractivity contribution in [3.63, 3.8) is 0 Å². The first kappa shape index (κ1) is 14.8. The molecular weight excluding hydrogens is 274 g/mol. The molecule has 1 aliphatic rings. The van der Waals surface area contributed by atoms with Crippen molar-refractivity contribution < 1.29 is 4.79 Å². The van der Waals surface area contributed by atoms with E-state index in [0.717, 1.165) is 25.3 Å². The molecule has 1 aliphatic heterocycles. The van der Waals surface area contributed by atoms with Crippen LogP contribution in [0.4, 0.5) is 5.69 Å². The van der Waals surface area contributed by atoms with Gasteiger partial charge in [-0.25, -0.2) is 0 Å². The van der Waals surface area contributed by atoms with E-state index in [1.54, 1.807) is 0 Å². The number of anilines is 1. The van der Waals surface area contributed by atoms with Gasteiger partial charge in [0.2, 0.25) is 0 Å². The van der Waals surface area contributed by atoms with Crippen LogP contribution in [0.25, 0.3) is 0 Å². The van der Waals surface area contributed by atoms with Gasteiger partial charge in [-0.2, -0.15) is 0 Å². The molecule has 0 saturated heterocycles. The SMILES string of the molecule is CN(C)Cc1cccc(NC(=O)c2ccc3c(c2)CNC3)c1. The number of hydrogen-bond donors (Lipinski definition) is 2. The third kappa shape index (κ3) is 3.35. The number of nitrogens with one attached hydrogen (secondary N) is 2. The topological polar surface area (TPSA) is 44.4 Å². The van der Waals surface area contributed by atoms with Gasteiger partial charge in [0.15, 0.2) is 0 Å². The fourth-order valence-corrected chi connectivity index (χ4v) is 2.75. The van der Waals surface area contributed by atoms with Crippen molar-refractivity contribution in [3.8, 4) is 0 Å². The Morgan fingerprint density at radius 3 is 2.77 bits per heavy atom. The van der Waals surface area contributed by atoms with Gasteiger partial charge in [0, 0.05) is 30.9 Å². The predicted octanol–water partition coefficient (Wildman–Crippen LogP) is 2.60. The summed E-state index contributed by atoms with van der Waals surface area (Å²) < 4.78 is 0. The summed E-state index contributed by atoms with van der Waals surface area (Å²) in [6.45, 7) is 2.59. The van der Waals surface area contributed by atoms with E-state index in [0.29, 0.717) is 5.56 Å². The Labute approximate surface area is 131 Å². The van der Waals surface area contributed by atoms with Crippen molar-refractivity contribution in [3.05, 3.63) is 64.7 Å². The Hall–Kier alpha value is -2.17. The second-order valence-corrected chi connectivity index (χ2v) is 5.98. The zero-order chi connectivity index (χ0) is 15.5. The first-order valence-corrected chi connectivity index (χ1v) is 7.49. The predicted molar refractivity (Wildman–Crippen MR) is 88.8 cm³/mol. The standard InChI is InChI=1S/C18H21N3O/c1-21(2)12-13-4-3-5-17(8-13)20-18(22)14-6-7-15-10-19-11-16(15)9-14/h3-9,19H,10-12H2,1-2H3,(H,20,22). The molecule has 0 aromatic heterocycles. The van der Waals surface area contributed by atoms with Gasteiger partial charge >= 0.3 is 0 Å². The molecule has 4 heteroatoms. The maximum Gasteiger partial charge on any atom is 0.255 e. The van der Waals surface area contributed by atoms with Crippen molar-refractivity contribution >= 4 is 11.6 Å².